The largest absolute Gasteiger partial charge is 0.508 e. The molecule has 3 aliphatic rings. The number of hydrogen-bond acceptors (Lipinski definition) is 14. The first-order valence-corrected chi connectivity index (χ1v) is 26.0. The molecule has 7 amide bonds. The molecule has 73 heavy (non-hydrogen) atoms. The summed E-state index contributed by atoms with van der Waals surface area (Å²) >= 11 is 0. The van der Waals surface area contributed by atoms with Crippen molar-refractivity contribution in [3.05, 3.63) is 54.1 Å². The third-order valence-corrected chi connectivity index (χ3v) is 13.6. The van der Waals surface area contributed by atoms with Crippen molar-refractivity contribution in [2.45, 2.75) is 197 Å². The summed E-state index contributed by atoms with van der Waals surface area (Å²) in [6.07, 6.45) is 8.78. The molecule has 4 rings (SSSR count). The molecule has 3 saturated heterocycles. The summed E-state index contributed by atoms with van der Waals surface area (Å²) in [5.41, 5.74) is 0.400. The average Bonchev–Trinajstić information content (AvgIpc) is 3.89. The zero-order valence-electron chi connectivity index (χ0n) is 42.7. The van der Waals surface area contributed by atoms with E-state index in [0.717, 1.165) is 54.7 Å². The van der Waals surface area contributed by atoms with Crippen molar-refractivity contribution < 1.29 is 69.3 Å². The zero-order chi connectivity index (χ0) is 53.8. The van der Waals surface area contributed by atoms with E-state index < -0.39 is 140 Å². The molecule has 12 N–H and O–H groups in total. The van der Waals surface area contributed by atoms with Gasteiger partial charge in [-0.1, -0.05) is 82.4 Å². The maximum absolute atomic E-state index is 14.3. The van der Waals surface area contributed by atoms with E-state index in [9.17, 15) is 69.3 Å². The van der Waals surface area contributed by atoms with Crippen molar-refractivity contribution in [3.8, 4) is 5.75 Å². The molecule has 0 radical (unpaired) electrons. The second-order valence-corrected chi connectivity index (χ2v) is 19.9. The van der Waals surface area contributed by atoms with Crippen LogP contribution >= 0.6 is 0 Å². The fourth-order valence-corrected chi connectivity index (χ4v) is 9.34. The minimum atomic E-state index is -1.91. The molecular formula is C52H81N7O14. The number of phenols is 1. The van der Waals surface area contributed by atoms with Gasteiger partial charge in [0.1, 0.15) is 42.0 Å². The van der Waals surface area contributed by atoms with E-state index in [1.54, 1.807) is 6.92 Å². The van der Waals surface area contributed by atoms with Crippen molar-refractivity contribution in [3.63, 3.8) is 0 Å². The van der Waals surface area contributed by atoms with Crippen molar-refractivity contribution in [2.75, 3.05) is 19.6 Å². The number of carbonyl (C=O) groups is 7. The van der Waals surface area contributed by atoms with Crippen LogP contribution in [0.15, 0.2) is 48.6 Å². The molecule has 0 unspecified atom stereocenters. The maximum atomic E-state index is 14.3. The number of rotatable bonds is 20. The van der Waals surface area contributed by atoms with Gasteiger partial charge in [-0.05, 0) is 70.1 Å². The number of aliphatic hydroxyl groups excluding tert-OH is 6. The first-order chi connectivity index (χ1) is 34.7. The number of aliphatic hydroxyl groups is 6. The summed E-state index contributed by atoms with van der Waals surface area (Å²) in [7, 11) is 0. The number of nitrogens with one attached hydrogen (secondary N) is 5. The SMILES string of the molecule is CCCCC/C=C/C/C=C/CCCCCCCC(=O)N[C@H]1C[C@@H](O)CNC(=O)[C@@H]2[C@@H](O)[C@@H](C)CN2C(=O)[C@H]([C@@H](C)O)NC(=O)[C@H]([C@H](O)Cc2ccc(O)cc2)NC(=O)[C@@H]2C[C@@H](O)CN2C(=O)[C@H]([C@@H](C)O)NC1=O. The van der Waals surface area contributed by atoms with Gasteiger partial charge < -0.3 is 72.1 Å². The van der Waals surface area contributed by atoms with Crippen LogP contribution in [0.2, 0.25) is 0 Å². The molecule has 21 nitrogen and oxygen atoms in total. The van der Waals surface area contributed by atoms with Gasteiger partial charge in [-0.2, -0.15) is 0 Å². The lowest BCUT2D eigenvalue weighted by Gasteiger charge is -2.33. The first-order valence-electron chi connectivity index (χ1n) is 26.0. The molecular weight excluding hydrogens is 947 g/mol. The number of unbranched alkanes of at least 4 members (excludes halogenated alkanes) is 8. The number of allylic oxidation sites excluding steroid dienone is 4. The molecule has 0 spiro atoms. The molecule has 0 saturated carbocycles. The number of nitrogens with zero attached hydrogens (tertiary/aromatic N) is 2. The van der Waals surface area contributed by atoms with Crippen LogP contribution in [-0.4, -0.2) is 179 Å². The Morgan fingerprint density at radius 1 is 0.699 bits per heavy atom. The quantitative estimate of drug-likeness (QED) is 0.0598. The Morgan fingerprint density at radius 2 is 1.27 bits per heavy atom. The smallest absolute Gasteiger partial charge is 0.248 e. The number of aromatic hydroxyl groups is 1. The molecule has 0 bridgehead atoms. The minimum Gasteiger partial charge on any atom is -0.508 e. The lowest BCUT2D eigenvalue weighted by atomic mass is 9.99. The minimum absolute atomic E-state index is 0.0133. The third-order valence-electron chi connectivity index (χ3n) is 13.6. The highest BCUT2D eigenvalue weighted by atomic mass is 16.3. The molecule has 13 atom stereocenters. The van der Waals surface area contributed by atoms with Crippen molar-refractivity contribution >= 4 is 41.4 Å². The van der Waals surface area contributed by atoms with Crippen LogP contribution in [0.25, 0.3) is 0 Å². The topological polar surface area (TPSA) is 328 Å². The maximum Gasteiger partial charge on any atom is 0.248 e. The number of phenolic OH excluding ortho intramolecular Hbond substituents is 1. The number of hydrogen-bond donors (Lipinski definition) is 12. The summed E-state index contributed by atoms with van der Waals surface area (Å²) in [4.78, 5) is 100. The van der Waals surface area contributed by atoms with Crippen LogP contribution in [0.4, 0.5) is 0 Å². The Hall–Kier alpha value is -5.45. The highest BCUT2D eigenvalue weighted by molar-refractivity contribution is 5.98. The second-order valence-electron chi connectivity index (χ2n) is 19.9. The zero-order valence-corrected chi connectivity index (χ0v) is 42.7. The van der Waals surface area contributed by atoms with E-state index in [1.165, 1.54) is 57.4 Å². The van der Waals surface area contributed by atoms with Crippen LogP contribution in [0.5, 0.6) is 5.75 Å². The van der Waals surface area contributed by atoms with Gasteiger partial charge >= 0.3 is 0 Å². The van der Waals surface area contributed by atoms with E-state index in [1.807, 2.05) is 0 Å². The number of carbonyl (C=O) groups excluding carboxylic acids is 7. The Balaban J connectivity index is 1.58. The second kappa shape index (κ2) is 30.0. The Morgan fingerprint density at radius 3 is 1.90 bits per heavy atom. The van der Waals surface area contributed by atoms with Crippen LogP contribution in [0.3, 0.4) is 0 Å². The molecule has 1 aromatic carbocycles. The molecule has 3 fully saturated rings. The standard InChI is InChI=1S/C52H81N7O14/c1-5-6-7-8-9-10-11-12-13-14-15-16-17-18-19-20-41(66)54-38-26-36(63)28-53-50(71)45-46(67)31(2)29-59(45)52(73)43(33(4)61)56-49(70)44(40(65)25-34-21-23-35(62)24-22-34)57-48(69)39-27-37(64)30-58(39)51(72)42(32(3)60)55-47(38)68/h9-10,12-13,21-24,31-33,36-40,42-46,60-65,67H,5-8,11,14-20,25-30H2,1-4H3,(H,53,71)(H,54,66)(H,55,68)(H,56,70)(H,57,69)/b10-9+,13-12+/t31-,32+,33+,36+,37+,38-,39-,40+,42-,43-,44-,45-,46-/m0/s1. The van der Waals surface area contributed by atoms with Gasteiger partial charge in [0, 0.05) is 51.2 Å². The molecule has 21 heteroatoms. The fraction of sp³-hybridized carbons (Fsp3) is 0.673. The third kappa shape index (κ3) is 18.5. The van der Waals surface area contributed by atoms with Gasteiger partial charge in [-0.15, -0.1) is 0 Å². The average molecular weight is 1030 g/mol. The summed E-state index contributed by atoms with van der Waals surface area (Å²) in [6, 6.07) is -4.65. The molecule has 3 aliphatic heterocycles. The predicted octanol–water partition coefficient (Wildman–Crippen LogP) is -0.140. The highest BCUT2D eigenvalue weighted by Gasteiger charge is 2.49. The summed E-state index contributed by atoms with van der Waals surface area (Å²) < 4.78 is 0. The number of β-amino-alcohol motifs (C(OH)–C–C–N with tert-alkyl or cyclic N) is 1. The molecule has 1 aromatic rings. The van der Waals surface area contributed by atoms with E-state index in [0.29, 0.717) is 12.0 Å². The Bertz CT molecular complexity index is 2040. The van der Waals surface area contributed by atoms with Crippen molar-refractivity contribution in [2.24, 2.45) is 5.92 Å². The van der Waals surface area contributed by atoms with Gasteiger partial charge in [0.25, 0.3) is 0 Å². The van der Waals surface area contributed by atoms with Gasteiger partial charge in [0.15, 0.2) is 0 Å². The summed E-state index contributed by atoms with van der Waals surface area (Å²) in [6.45, 7) is 4.88. The molecule has 0 aromatic heterocycles. The Labute approximate surface area is 428 Å². The van der Waals surface area contributed by atoms with Gasteiger partial charge in [-0.3, -0.25) is 33.6 Å². The van der Waals surface area contributed by atoms with E-state index >= 15 is 0 Å². The fourth-order valence-electron chi connectivity index (χ4n) is 9.34. The summed E-state index contributed by atoms with van der Waals surface area (Å²) in [5.74, 6) is -7.59. The van der Waals surface area contributed by atoms with Gasteiger partial charge in [-0.25, -0.2) is 0 Å². The monoisotopic (exact) mass is 1030 g/mol. The van der Waals surface area contributed by atoms with Gasteiger partial charge in [0.2, 0.25) is 41.4 Å². The Kier molecular flexibility index (Phi) is 24.7. The lowest BCUT2D eigenvalue weighted by Crippen LogP contribution is -2.64. The van der Waals surface area contributed by atoms with Crippen molar-refractivity contribution in [1.29, 1.82) is 0 Å². The van der Waals surface area contributed by atoms with E-state index in [2.05, 4.69) is 57.8 Å². The van der Waals surface area contributed by atoms with Crippen molar-refractivity contribution in [1.82, 2.24) is 36.4 Å². The van der Waals surface area contributed by atoms with Gasteiger partial charge in [0.05, 0.1) is 36.6 Å². The van der Waals surface area contributed by atoms with Crippen LogP contribution < -0.4 is 26.6 Å². The summed E-state index contributed by atoms with van der Waals surface area (Å²) in [5, 5.41) is 88.8. The lowest BCUT2D eigenvalue weighted by molar-refractivity contribution is -0.147. The van der Waals surface area contributed by atoms with E-state index in [-0.39, 0.29) is 31.6 Å². The predicted molar refractivity (Wildman–Crippen MR) is 269 cm³/mol. The first kappa shape index (κ1) is 60.1. The number of amides is 7. The van der Waals surface area contributed by atoms with Crippen LogP contribution in [-0.2, 0) is 40.0 Å². The highest BCUT2D eigenvalue weighted by Crippen LogP contribution is 2.26. The molecule has 408 valence electrons. The number of fused-ring (bicyclic) bond motifs is 2. The molecule has 0 aliphatic carbocycles. The number of benzene rings is 1. The van der Waals surface area contributed by atoms with E-state index in [4.69, 9.17) is 0 Å². The van der Waals surface area contributed by atoms with Crippen LogP contribution in [0, 0.1) is 5.92 Å². The van der Waals surface area contributed by atoms with Crippen LogP contribution in [0.1, 0.15) is 123 Å². The molecule has 3 heterocycles. The normalized spacial score (nSPS) is 28.4.